The molecule has 20 heavy (non-hydrogen) atoms. The highest BCUT2D eigenvalue weighted by molar-refractivity contribution is 7.89. The summed E-state index contributed by atoms with van der Waals surface area (Å²) in [6.07, 6.45) is 4.54. The number of rotatable bonds is 2. The van der Waals surface area contributed by atoms with Crippen molar-refractivity contribution in [3.05, 3.63) is 24.0 Å². The van der Waals surface area contributed by atoms with E-state index in [-0.39, 0.29) is 17.0 Å². The van der Waals surface area contributed by atoms with Crippen molar-refractivity contribution in [1.82, 2.24) is 9.29 Å². The van der Waals surface area contributed by atoms with Gasteiger partial charge in [-0.15, -0.1) is 0 Å². The molecule has 1 aromatic heterocycles. The van der Waals surface area contributed by atoms with Crippen LogP contribution in [0.5, 0.6) is 0 Å². The summed E-state index contributed by atoms with van der Waals surface area (Å²) in [7, 11) is -3.55. The first-order valence-electron chi connectivity index (χ1n) is 6.45. The van der Waals surface area contributed by atoms with Crippen molar-refractivity contribution in [2.45, 2.75) is 37.1 Å². The number of hydrogen-bond acceptors (Lipinski definition) is 4. The fourth-order valence-corrected chi connectivity index (χ4v) is 4.26. The molecule has 1 aromatic rings. The predicted molar refractivity (Wildman–Crippen MR) is 75.4 cm³/mol. The zero-order valence-corrected chi connectivity index (χ0v) is 12.4. The summed E-state index contributed by atoms with van der Waals surface area (Å²) < 4.78 is 26.9. The van der Waals surface area contributed by atoms with E-state index in [2.05, 4.69) is 16.8 Å². The summed E-state index contributed by atoms with van der Waals surface area (Å²) in [6, 6.07) is 1.50. The lowest BCUT2D eigenvalue weighted by molar-refractivity contribution is 0.291. The molecule has 0 unspecified atom stereocenters. The molecule has 0 radical (unpaired) electrons. The highest BCUT2D eigenvalue weighted by Crippen LogP contribution is 2.33. The van der Waals surface area contributed by atoms with Gasteiger partial charge < -0.3 is 5.11 Å². The van der Waals surface area contributed by atoms with Gasteiger partial charge in [-0.05, 0) is 32.8 Å². The van der Waals surface area contributed by atoms with Crippen LogP contribution in [0.25, 0.3) is 0 Å². The summed E-state index contributed by atoms with van der Waals surface area (Å²) in [4.78, 5) is 4.08. The van der Waals surface area contributed by atoms with Crippen LogP contribution in [0, 0.1) is 11.8 Å². The summed E-state index contributed by atoms with van der Waals surface area (Å²) in [5.41, 5.74) is 0.114. The van der Waals surface area contributed by atoms with Crippen molar-refractivity contribution in [2.24, 2.45) is 0 Å². The number of pyridine rings is 1. The van der Waals surface area contributed by atoms with Gasteiger partial charge in [0, 0.05) is 30.0 Å². The third-order valence-electron chi connectivity index (χ3n) is 3.44. The monoisotopic (exact) mass is 294 g/mol. The van der Waals surface area contributed by atoms with Gasteiger partial charge in [0.2, 0.25) is 10.0 Å². The molecule has 1 fully saturated rings. The molecule has 0 bridgehead atoms. The minimum atomic E-state index is -3.55. The molecule has 2 heterocycles. The van der Waals surface area contributed by atoms with Crippen molar-refractivity contribution in [1.29, 1.82) is 0 Å². The summed E-state index contributed by atoms with van der Waals surface area (Å²) in [5, 5.41) is 8.68. The number of hydrogen-bond donors (Lipinski definition) is 1. The third-order valence-corrected chi connectivity index (χ3v) is 5.51. The van der Waals surface area contributed by atoms with Crippen LogP contribution in [0.15, 0.2) is 23.4 Å². The second-order valence-electron chi connectivity index (χ2n) is 5.36. The summed E-state index contributed by atoms with van der Waals surface area (Å²) >= 11 is 0. The van der Waals surface area contributed by atoms with Crippen LogP contribution in [-0.2, 0) is 10.0 Å². The minimum Gasteiger partial charge on any atom is -0.384 e. The van der Waals surface area contributed by atoms with Gasteiger partial charge in [0.1, 0.15) is 11.5 Å². The molecule has 1 aliphatic rings. The van der Waals surface area contributed by atoms with Gasteiger partial charge in [0.25, 0.3) is 0 Å². The Morgan fingerprint density at radius 3 is 2.80 bits per heavy atom. The first-order chi connectivity index (χ1) is 9.38. The second-order valence-corrected chi connectivity index (χ2v) is 7.22. The SMILES string of the molecule is CC1(C)CCCN1S(=O)(=O)c1cncc(C#CCO)c1. The molecule has 0 atom stereocenters. The van der Waals surface area contributed by atoms with Crippen LogP contribution in [0.3, 0.4) is 0 Å². The Kier molecular flexibility index (Phi) is 4.14. The lowest BCUT2D eigenvalue weighted by Crippen LogP contribution is -2.42. The van der Waals surface area contributed by atoms with Gasteiger partial charge in [-0.25, -0.2) is 8.42 Å². The Labute approximate surface area is 119 Å². The average Bonchev–Trinajstić information content (AvgIpc) is 2.77. The van der Waals surface area contributed by atoms with Gasteiger partial charge in [-0.3, -0.25) is 4.98 Å². The highest BCUT2D eigenvalue weighted by atomic mass is 32.2. The van der Waals surface area contributed by atoms with Gasteiger partial charge >= 0.3 is 0 Å². The molecular weight excluding hydrogens is 276 g/mol. The Balaban J connectivity index is 2.40. The average molecular weight is 294 g/mol. The van der Waals surface area contributed by atoms with Crippen LogP contribution >= 0.6 is 0 Å². The maximum atomic E-state index is 12.7. The van der Waals surface area contributed by atoms with E-state index in [1.54, 1.807) is 0 Å². The first kappa shape index (κ1) is 15.0. The Morgan fingerprint density at radius 1 is 1.45 bits per heavy atom. The lowest BCUT2D eigenvalue weighted by atomic mass is 10.0. The molecule has 0 aromatic carbocycles. The number of nitrogens with zero attached hydrogens (tertiary/aromatic N) is 2. The molecule has 6 heteroatoms. The highest BCUT2D eigenvalue weighted by Gasteiger charge is 2.40. The van der Waals surface area contributed by atoms with Gasteiger partial charge in [0.15, 0.2) is 0 Å². The number of sulfonamides is 1. The molecular formula is C14H18N2O3S. The third kappa shape index (κ3) is 2.85. The molecule has 0 spiro atoms. The van der Waals surface area contributed by atoms with E-state index in [9.17, 15) is 8.42 Å². The molecule has 1 aliphatic heterocycles. The zero-order chi connectivity index (χ0) is 14.8. The molecule has 0 aliphatic carbocycles. The standard InChI is InChI=1S/C14H18N2O3S/c1-14(2)6-4-7-16(14)20(18,19)13-9-12(5-3-8-17)10-15-11-13/h9-11,17H,4,6-8H2,1-2H3. The Bertz CT molecular complexity index is 656. The van der Waals surface area contributed by atoms with E-state index in [1.165, 1.54) is 22.8 Å². The van der Waals surface area contributed by atoms with Gasteiger partial charge in [-0.2, -0.15) is 4.31 Å². The van der Waals surface area contributed by atoms with Gasteiger partial charge in [0.05, 0.1) is 0 Å². The van der Waals surface area contributed by atoms with Gasteiger partial charge in [-0.1, -0.05) is 11.8 Å². The van der Waals surface area contributed by atoms with Crippen LogP contribution in [0.2, 0.25) is 0 Å². The van der Waals surface area contributed by atoms with E-state index in [4.69, 9.17) is 5.11 Å². The van der Waals surface area contributed by atoms with E-state index in [0.717, 1.165) is 12.8 Å². The number of aliphatic hydroxyl groups is 1. The van der Waals surface area contributed by atoms with Crippen molar-refractivity contribution in [3.8, 4) is 11.8 Å². The van der Waals surface area contributed by atoms with Crippen LogP contribution < -0.4 is 0 Å². The van der Waals surface area contributed by atoms with Crippen molar-refractivity contribution < 1.29 is 13.5 Å². The first-order valence-corrected chi connectivity index (χ1v) is 7.89. The smallest absolute Gasteiger partial charge is 0.245 e. The topological polar surface area (TPSA) is 70.5 Å². The minimum absolute atomic E-state index is 0.150. The van der Waals surface area contributed by atoms with Crippen LogP contribution in [0.4, 0.5) is 0 Å². The fourth-order valence-electron chi connectivity index (χ4n) is 2.43. The van der Waals surface area contributed by atoms with E-state index >= 15 is 0 Å². The number of aliphatic hydroxyl groups excluding tert-OH is 1. The molecule has 0 amide bonds. The zero-order valence-electron chi connectivity index (χ0n) is 11.6. The summed E-state index contributed by atoms with van der Waals surface area (Å²) in [6.45, 7) is 4.12. The summed E-state index contributed by atoms with van der Waals surface area (Å²) in [5.74, 6) is 5.16. The fraction of sp³-hybridized carbons (Fsp3) is 0.500. The molecule has 1 saturated heterocycles. The predicted octanol–water partition coefficient (Wildman–Crippen LogP) is 0.989. The molecule has 5 nitrogen and oxygen atoms in total. The van der Waals surface area contributed by atoms with E-state index < -0.39 is 10.0 Å². The Morgan fingerprint density at radius 2 is 2.20 bits per heavy atom. The largest absolute Gasteiger partial charge is 0.384 e. The maximum absolute atomic E-state index is 12.7. The molecule has 1 N–H and O–H groups in total. The van der Waals surface area contributed by atoms with Crippen LogP contribution in [0.1, 0.15) is 32.3 Å². The molecule has 2 rings (SSSR count). The molecule has 108 valence electrons. The van der Waals surface area contributed by atoms with Crippen LogP contribution in [-0.4, -0.2) is 41.5 Å². The van der Waals surface area contributed by atoms with E-state index in [1.807, 2.05) is 13.8 Å². The van der Waals surface area contributed by atoms with Crippen molar-refractivity contribution in [3.63, 3.8) is 0 Å². The normalized spacial score (nSPS) is 18.6. The Hall–Kier alpha value is -1.42. The maximum Gasteiger partial charge on any atom is 0.245 e. The molecule has 0 saturated carbocycles. The van der Waals surface area contributed by atoms with Crippen molar-refractivity contribution >= 4 is 10.0 Å². The number of aromatic nitrogens is 1. The quantitative estimate of drug-likeness (QED) is 0.826. The lowest BCUT2D eigenvalue weighted by Gasteiger charge is -2.30. The van der Waals surface area contributed by atoms with Crippen molar-refractivity contribution in [2.75, 3.05) is 13.2 Å². The van der Waals surface area contributed by atoms with E-state index in [0.29, 0.717) is 12.1 Å². The second kappa shape index (κ2) is 5.52.